The Kier molecular flexibility index (Phi) is 3.75. The van der Waals surface area contributed by atoms with Crippen LogP contribution in [0.25, 0.3) is 0 Å². The van der Waals surface area contributed by atoms with Gasteiger partial charge in [-0.05, 0) is 42.5 Å². The first-order chi connectivity index (χ1) is 7.62. The van der Waals surface area contributed by atoms with Gasteiger partial charge in [-0.3, -0.25) is 0 Å². The fourth-order valence-electron chi connectivity index (χ4n) is 1.86. The number of rotatable bonds is 2. The quantitative estimate of drug-likeness (QED) is 0.789. The van der Waals surface area contributed by atoms with Crippen molar-refractivity contribution >= 4 is 29.2 Å². The largest absolute Gasteiger partial charge is 0.378 e. The van der Waals surface area contributed by atoms with Crippen molar-refractivity contribution in [2.45, 2.75) is 17.4 Å². The lowest BCUT2D eigenvalue weighted by Crippen LogP contribution is -2.18. The summed E-state index contributed by atoms with van der Waals surface area (Å²) in [6.45, 7) is 2.35. The Bertz CT molecular complexity index is 339. The van der Waals surface area contributed by atoms with Gasteiger partial charge in [0.05, 0.1) is 4.08 Å². The molecule has 0 bridgehead atoms. The molecule has 16 heavy (non-hydrogen) atoms. The van der Waals surface area contributed by atoms with Crippen molar-refractivity contribution in [3.8, 4) is 0 Å². The minimum Gasteiger partial charge on any atom is -0.378 e. The lowest BCUT2D eigenvalue weighted by Gasteiger charge is -2.33. The Balaban J connectivity index is 2.20. The maximum atomic E-state index is 2.35. The molecule has 0 radical (unpaired) electrons. The maximum Gasteiger partial charge on any atom is 0.0832 e. The zero-order valence-electron chi connectivity index (χ0n) is 10.2. The summed E-state index contributed by atoms with van der Waals surface area (Å²) in [5.74, 6) is 2.58. The molecule has 1 aliphatic heterocycles. The zero-order valence-corrected chi connectivity index (χ0v) is 11.8. The van der Waals surface area contributed by atoms with Gasteiger partial charge in [0, 0.05) is 19.8 Å². The van der Waals surface area contributed by atoms with Gasteiger partial charge < -0.3 is 4.90 Å². The Morgan fingerprint density at radius 2 is 1.62 bits per heavy atom. The van der Waals surface area contributed by atoms with Crippen LogP contribution in [0.4, 0.5) is 5.69 Å². The monoisotopic (exact) mass is 253 g/mol. The number of hydrogen-bond donors (Lipinski definition) is 0. The summed E-state index contributed by atoms with van der Waals surface area (Å²) in [7, 11) is 4.17. The molecular formula is C13H19NS2. The molecular weight excluding hydrogens is 234 g/mol. The van der Waals surface area contributed by atoms with Gasteiger partial charge in [0.2, 0.25) is 0 Å². The van der Waals surface area contributed by atoms with Gasteiger partial charge >= 0.3 is 0 Å². The van der Waals surface area contributed by atoms with Gasteiger partial charge in [0.25, 0.3) is 0 Å². The smallest absolute Gasteiger partial charge is 0.0832 e. The molecule has 1 fully saturated rings. The van der Waals surface area contributed by atoms with E-state index in [1.54, 1.807) is 0 Å². The van der Waals surface area contributed by atoms with Crippen LogP contribution in [0.1, 0.15) is 18.9 Å². The SMILES string of the molecule is CN(C)c1ccc(C2(C)SCCCS2)cc1. The van der Waals surface area contributed by atoms with Crippen LogP contribution in [0.3, 0.4) is 0 Å². The number of anilines is 1. The van der Waals surface area contributed by atoms with Crippen LogP contribution in [-0.2, 0) is 4.08 Å². The number of nitrogens with zero attached hydrogens (tertiary/aromatic N) is 1. The third-order valence-corrected chi connectivity index (χ3v) is 6.22. The standard InChI is InChI=1S/C13H19NS2/c1-13(15-9-4-10-16-13)11-5-7-12(8-6-11)14(2)3/h5-8H,4,9-10H2,1-3H3. The molecule has 1 heterocycles. The molecule has 1 saturated heterocycles. The van der Waals surface area contributed by atoms with Crippen molar-refractivity contribution in [2.75, 3.05) is 30.5 Å². The molecule has 2 rings (SSSR count). The minimum atomic E-state index is 0.267. The molecule has 0 saturated carbocycles. The van der Waals surface area contributed by atoms with Crippen molar-refractivity contribution in [1.82, 2.24) is 0 Å². The van der Waals surface area contributed by atoms with Crippen LogP contribution >= 0.6 is 23.5 Å². The van der Waals surface area contributed by atoms with Crippen LogP contribution in [-0.4, -0.2) is 25.6 Å². The molecule has 88 valence electrons. The molecule has 3 heteroatoms. The van der Waals surface area contributed by atoms with Crippen LogP contribution in [0.15, 0.2) is 24.3 Å². The van der Waals surface area contributed by atoms with Gasteiger partial charge in [-0.2, -0.15) is 0 Å². The van der Waals surface area contributed by atoms with Crippen molar-refractivity contribution < 1.29 is 0 Å². The van der Waals surface area contributed by atoms with Gasteiger partial charge in [-0.1, -0.05) is 12.1 Å². The van der Waals surface area contributed by atoms with E-state index in [2.05, 4.69) is 73.7 Å². The highest BCUT2D eigenvalue weighted by molar-refractivity contribution is 8.18. The number of hydrogen-bond acceptors (Lipinski definition) is 3. The first-order valence-electron chi connectivity index (χ1n) is 5.67. The van der Waals surface area contributed by atoms with Crippen molar-refractivity contribution in [3.63, 3.8) is 0 Å². The number of benzene rings is 1. The predicted octanol–water partition coefficient (Wildman–Crippen LogP) is 3.80. The third-order valence-electron chi connectivity index (χ3n) is 2.95. The highest BCUT2D eigenvalue weighted by Crippen LogP contribution is 2.49. The Morgan fingerprint density at radius 3 is 2.12 bits per heavy atom. The molecule has 0 aromatic heterocycles. The molecule has 0 spiro atoms. The average Bonchev–Trinajstić information content (AvgIpc) is 2.30. The highest BCUT2D eigenvalue weighted by atomic mass is 32.2. The summed E-state index contributed by atoms with van der Waals surface area (Å²) in [6, 6.07) is 8.99. The minimum absolute atomic E-state index is 0.267. The number of thioether (sulfide) groups is 2. The van der Waals surface area contributed by atoms with E-state index >= 15 is 0 Å². The van der Waals surface area contributed by atoms with Crippen LogP contribution < -0.4 is 4.90 Å². The summed E-state index contributed by atoms with van der Waals surface area (Å²) >= 11 is 4.16. The van der Waals surface area contributed by atoms with E-state index in [1.807, 2.05) is 0 Å². The van der Waals surface area contributed by atoms with E-state index in [0.717, 1.165) is 0 Å². The normalized spacial score (nSPS) is 19.4. The van der Waals surface area contributed by atoms with Crippen LogP contribution in [0.5, 0.6) is 0 Å². The fraction of sp³-hybridized carbons (Fsp3) is 0.538. The summed E-state index contributed by atoms with van der Waals surface area (Å²) in [6.07, 6.45) is 1.35. The van der Waals surface area contributed by atoms with Crippen molar-refractivity contribution in [3.05, 3.63) is 29.8 Å². The lowest BCUT2D eigenvalue weighted by atomic mass is 10.1. The van der Waals surface area contributed by atoms with Crippen molar-refractivity contribution in [2.24, 2.45) is 0 Å². The lowest BCUT2D eigenvalue weighted by molar-refractivity contribution is 0.962. The molecule has 0 amide bonds. The topological polar surface area (TPSA) is 3.24 Å². The first kappa shape index (κ1) is 12.2. The van der Waals surface area contributed by atoms with Gasteiger partial charge in [0.15, 0.2) is 0 Å². The Hall–Kier alpha value is -0.280. The van der Waals surface area contributed by atoms with Crippen molar-refractivity contribution in [1.29, 1.82) is 0 Å². The molecule has 1 aromatic carbocycles. The van der Waals surface area contributed by atoms with E-state index < -0.39 is 0 Å². The molecule has 1 nitrogen and oxygen atoms in total. The zero-order chi connectivity index (χ0) is 11.6. The van der Waals surface area contributed by atoms with Gasteiger partial charge in [0.1, 0.15) is 0 Å². The van der Waals surface area contributed by atoms with E-state index in [4.69, 9.17) is 0 Å². The summed E-state index contributed by atoms with van der Waals surface area (Å²) in [4.78, 5) is 2.15. The maximum absolute atomic E-state index is 2.35. The van der Waals surface area contributed by atoms with E-state index in [-0.39, 0.29) is 4.08 Å². The molecule has 0 aliphatic carbocycles. The molecule has 1 aliphatic rings. The average molecular weight is 253 g/mol. The van der Waals surface area contributed by atoms with E-state index in [0.29, 0.717) is 0 Å². The molecule has 0 unspecified atom stereocenters. The fourth-order valence-corrected chi connectivity index (χ4v) is 4.84. The van der Waals surface area contributed by atoms with Gasteiger partial charge in [-0.15, -0.1) is 23.5 Å². The predicted molar refractivity (Wildman–Crippen MR) is 77.7 cm³/mol. The second-order valence-corrected chi connectivity index (χ2v) is 7.72. The first-order valence-corrected chi connectivity index (χ1v) is 7.65. The van der Waals surface area contributed by atoms with Crippen LogP contribution in [0, 0.1) is 0 Å². The van der Waals surface area contributed by atoms with Gasteiger partial charge in [-0.25, -0.2) is 0 Å². The summed E-state index contributed by atoms with van der Waals surface area (Å²) < 4.78 is 0.267. The third kappa shape index (κ3) is 2.51. The van der Waals surface area contributed by atoms with E-state index in [9.17, 15) is 0 Å². The Labute approximate surface area is 107 Å². The summed E-state index contributed by atoms with van der Waals surface area (Å²) in [5, 5.41) is 0. The van der Waals surface area contributed by atoms with Crippen LogP contribution in [0.2, 0.25) is 0 Å². The highest BCUT2D eigenvalue weighted by Gasteiger charge is 2.30. The second kappa shape index (κ2) is 4.92. The molecule has 0 atom stereocenters. The van der Waals surface area contributed by atoms with E-state index in [1.165, 1.54) is 29.2 Å². The Morgan fingerprint density at radius 1 is 1.06 bits per heavy atom. The molecule has 1 aromatic rings. The summed E-state index contributed by atoms with van der Waals surface area (Å²) in [5.41, 5.74) is 2.73. The second-order valence-electron chi connectivity index (χ2n) is 4.44. The molecule has 0 N–H and O–H groups in total.